The number of carbonyl (C=O) groups is 1. The van der Waals surface area contributed by atoms with Crippen molar-refractivity contribution in [2.45, 2.75) is 13.8 Å². The van der Waals surface area contributed by atoms with Gasteiger partial charge in [0.25, 0.3) is 0 Å². The van der Waals surface area contributed by atoms with Crippen LogP contribution < -0.4 is 5.32 Å². The molecule has 1 amide bonds. The van der Waals surface area contributed by atoms with E-state index in [2.05, 4.69) is 36.7 Å². The van der Waals surface area contributed by atoms with E-state index in [9.17, 15) is 4.79 Å². The van der Waals surface area contributed by atoms with Crippen molar-refractivity contribution in [1.29, 1.82) is 0 Å². The molecule has 0 heterocycles. The maximum Gasteiger partial charge on any atom is 0.234 e. The molecule has 0 spiro atoms. The second-order valence-corrected chi connectivity index (χ2v) is 2.98. The molecule has 0 aliphatic heterocycles. The predicted molar refractivity (Wildman–Crippen MR) is 61.9 cm³/mol. The summed E-state index contributed by atoms with van der Waals surface area (Å²) in [5, 5.41) is 2.77. The number of hydrogen-bond donors (Lipinski definition) is 2. The van der Waals surface area contributed by atoms with E-state index in [1.165, 1.54) is 0 Å². The Balaban J connectivity index is 0. The van der Waals surface area contributed by atoms with Gasteiger partial charge in [0.1, 0.15) is 0 Å². The fourth-order valence-corrected chi connectivity index (χ4v) is 1.01. The molecule has 0 bridgehead atoms. The van der Waals surface area contributed by atoms with Crippen LogP contribution in [0.1, 0.15) is 13.8 Å². The third kappa shape index (κ3) is 8.40. The molecule has 1 N–H and O–H groups in total. The molecule has 5 heteroatoms. The summed E-state index contributed by atoms with van der Waals surface area (Å²) in [4.78, 5) is 13.2. The van der Waals surface area contributed by atoms with E-state index < -0.39 is 0 Å². The van der Waals surface area contributed by atoms with Crippen molar-refractivity contribution < 1.29 is 4.79 Å². The van der Waals surface area contributed by atoms with Gasteiger partial charge >= 0.3 is 0 Å². The molecule has 0 aromatic heterocycles. The third-order valence-corrected chi connectivity index (χ3v) is 1.92. The van der Waals surface area contributed by atoms with E-state index in [0.29, 0.717) is 18.8 Å². The molecule has 80 valence electrons. The van der Waals surface area contributed by atoms with E-state index in [1.807, 2.05) is 0 Å². The summed E-state index contributed by atoms with van der Waals surface area (Å²) in [5.74, 6) is 0.789. The summed E-state index contributed by atoms with van der Waals surface area (Å²) < 4.78 is 0. The Morgan fingerprint density at radius 3 is 2.31 bits per heavy atom. The summed E-state index contributed by atoms with van der Waals surface area (Å²) >= 11 is 4.00. The van der Waals surface area contributed by atoms with Gasteiger partial charge in [-0.05, 0) is 13.1 Å². The molecule has 0 atom stereocenters. The first-order valence-corrected chi connectivity index (χ1v) is 4.97. The standard InChI is InChI=1S/C8H18N2OS.ClH/c1-3-10(4-2)7-8(11)9-5-6-12;/h12H,3-7H2,1-2H3,(H,9,11);1H. The molecule has 0 fully saturated rings. The second-order valence-electron chi connectivity index (χ2n) is 2.53. The van der Waals surface area contributed by atoms with Crippen LogP contribution in [0.3, 0.4) is 0 Å². The number of thiol groups is 1. The lowest BCUT2D eigenvalue weighted by Gasteiger charge is -2.16. The van der Waals surface area contributed by atoms with E-state index in [0.717, 1.165) is 13.1 Å². The predicted octanol–water partition coefficient (Wildman–Crippen LogP) is 0.796. The van der Waals surface area contributed by atoms with Crippen LogP contribution in [0, 0.1) is 0 Å². The number of carbonyl (C=O) groups excluding carboxylic acids is 1. The molecule has 0 radical (unpaired) electrons. The zero-order valence-corrected chi connectivity index (χ0v) is 9.96. The van der Waals surface area contributed by atoms with E-state index in [1.54, 1.807) is 0 Å². The van der Waals surface area contributed by atoms with Crippen molar-refractivity contribution >= 4 is 30.9 Å². The molecule has 0 aromatic carbocycles. The van der Waals surface area contributed by atoms with Gasteiger partial charge in [-0.1, -0.05) is 13.8 Å². The van der Waals surface area contributed by atoms with Gasteiger partial charge in [0.2, 0.25) is 5.91 Å². The summed E-state index contributed by atoms with van der Waals surface area (Å²) in [6, 6.07) is 0. The van der Waals surface area contributed by atoms with Gasteiger partial charge in [0.15, 0.2) is 0 Å². The van der Waals surface area contributed by atoms with Crippen molar-refractivity contribution in [2.75, 3.05) is 31.9 Å². The average Bonchev–Trinajstić information content (AvgIpc) is 2.10. The number of halogens is 1. The fraction of sp³-hybridized carbons (Fsp3) is 0.875. The maximum absolute atomic E-state index is 11.1. The number of amides is 1. The van der Waals surface area contributed by atoms with E-state index in [-0.39, 0.29) is 18.3 Å². The maximum atomic E-state index is 11.1. The summed E-state index contributed by atoms with van der Waals surface area (Å²) in [7, 11) is 0. The van der Waals surface area contributed by atoms with Crippen LogP contribution in [0.4, 0.5) is 0 Å². The van der Waals surface area contributed by atoms with Gasteiger partial charge < -0.3 is 5.32 Å². The Labute approximate surface area is 92.1 Å². The Morgan fingerprint density at radius 2 is 1.92 bits per heavy atom. The first-order chi connectivity index (χ1) is 5.74. The fourth-order valence-electron chi connectivity index (χ4n) is 0.902. The monoisotopic (exact) mass is 226 g/mol. The van der Waals surface area contributed by atoms with Gasteiger partial charge in [-0.2, -0.15) is 12.6 Å². The molecule has 0 saturated heterocycles. The molecule has 0 aromatic rings. The first-order valence-electron chi connectivity index (χ1n) is 4.34. The van der Waals surface area contributed by atoms with Crippen molar-refractivity contribution in [3.63, 3.8) is 0 Å². The second kappa shape index (κ2) is 10.2. The van der Waals surface area contributed by atoms with Crippen LogP contribution in [0.15, 0.2) is 0 Å². The van der Waals surface area contributed by atoms with Crippen molar-refractivity contribution in [3.05, 3.63) is 0 Å². The molecular formula is C8H19ClN2OS. The Bertz CT molecular complexity index is 131. The van der Waals surface area contributed by atoms with Gasteiger partial charge in [-0.15, -0.1) is 12.4 Å². The number of likely N-dealkylation sites (N-methyl/N-ethyl adjacent to an activating group) is 1. The first kappa shape index (κ1) is 15.5. The van der Waals surface area contributed by atoms with Crippen LogP contribution in [0.25, 0.3) is 0 Å². The minimum Gasteiger partial charge on any atom is -0.354 e. The Morgan fingerprint density at radius 1 is 1.38 bits per heavy atom. The summed E-state index contributed by atoms with van der Waals surface area (Å²) in [6.45, 7) is 7.10. The van der Waals surface area contributed by atoms with Gasteiger partial charge in [0.05, 0.1) is 6.54 Å². The molecular weight excluding hydrogens is 208 g/mol. The average molecular weight is 227 g/mol. The number of nitrogens with one attached hydrogen (secondary N) is 1. The van der Waals surface area contributed by atoms with Crippen LogP contribution in [0.5, 0.6) is 0 Å². The van der Waals surface area contributed by atoms with Crippen molar-refractivity contribution in [3.8, 4) is 0 Å². The molecule has 0 aliphatic rings. The van der Waals surface area contributed by atoms with Gasteiger partial charge in [-0.3, -0.25) is 9.69 Å². The Hall–Kier alpha value is 0.0700. The molecule has 0 unspecified atom stereocenters. The van der Waals surface area contributed by atoms with Crippen LogP contribution >= 0.6 is 25.0 Å². The Kier molecular flexibility index (Phi) is 12.1. The highest BCUT2D eigenvalue weighted by Crippen LogP contribution is 1.85. The van der Waals surface area contributed by atoms with E-state index in [4.69, 9.17) is 0 Å². The lowest BCUT2D eigenvalue weighted by molar-refractivity contribution is -0.122. The molecule has 3 nitrogen and oxygen atoms in total. The van der Waals surface area contributed by atoms with Crippen LogP contribution in [-0.2, 0) is 4.79 Å². The highest BCUT2D eigenvalue weighted by molar-refractivity contribution is 7.80. The molecule has 0 aliphatic carbocycles. The normalized spacial score (nSPS) is 9.54. The van der Waals surface area contributed by atoms with Gasteiger partial charge in [-0.25, -0.2) is 0 Å². The minimum atomic E-state index is 0. The highest BCUT2D eigenvalue weighted by atomic mass is 35.5. The lowest BCUT2D eigenvalue weighted by Crippen LogP contribution is -2.37. The molecule has 0 rings (SSSR count). The summed E-state index contributed by atoms with van der Waals surface area (Å²) in [5.41, 5.74) is 0. The quantitative estimate of drug-likeness (QED) is 0.657. The summed E-state index contributed by atoms with van der Waals surface area (Å²) in [6.07, 6.45) is 0. The zero-order chi connectivity index (χ0) is 9.40. The largest absolute Gasteiger partial charge is 0.354 e. The van der Waals surface area contributed by atoms with Crippen LogP contribution in [0.2, 0.25) is 0 Å². The lowest BCUT2D eigenvalue weighted by atomic mass is 10.4. The molecule has 0 saturated carbocycles. The number of hydrogen-bond acceptors (Lipinski definition) is 3. The van der Waals surface area contributed by atoms with E-state index >= 15 is 0 Å². The highest BCUT2D eigenvalue weighted by Gasteiger charge is 2.04. The third-order valence-electron chi connectivity index (χ3n) is 1.70. The van der Waals surface area contributed by atoms with Gasteiger partial charge in [0, 0.05) is 12.3 Å². The van der Waals surface area contributed by atoms with Crippen molar-refractivity contribution in [2.24, 2.45) is 0 Å². The number of nitrogens with zero attached hydrogens (tertiary/aromatic N) is 1. The minimum absolute atomic E-state index is 0. The topological polar surface area (TPSA) is 32.3 Å². The SMILES string of the molecule is CCN(CC)CC(=O)NCCS.Cl. The smallest absolute Gasteiger partial charge is 0.234 e. The molecule has 13 heavy (non-hydrogen) atoms. The van der Waals surface area contributed by atoms with Crippen molar-refractivity contribution in [1.82, 2.24) is 10.2 Å². The zero-order valence-electron chi connectivity index (χ0n) is 8.25. The van der Waals surface area contributed by atoms with Crippen LogP contribution in [-0.4, -0.2) is 42.7 Å². The number of rotatable bonds is 6.